The molecule has 1 aromatic carbocycles. The van der Waals surface area contributed by atoms with Crippen molar-refractivity contribution in [1.29, 1.82) is 0 Å². The molecule has 0 unspecified atom stereocenters. The summed E-state index contributed by atoms with van der Waals surface area (Å²) in [4.78, 5) is 28.6. The van der Waals surface area contributed by atoms with Gasteiger partial charge in [0.15, 0.2) is 0 Å². The molecule has 2 aromatic heterocycles. The highest BCUT2D eigenvalue weighted by Crippen LogP contribution is 2.30. The Morgan fingerprint density at radius 1 is 0.969 bits per heavy atom. The van der Waals surface area contributed by atoms with Gasteiger partial charge in [0.25, 0.3) is 5.71 Å². The second-order valence-electron chi connectivity index (χ2n) is 8.94. The summed E-state index contributed by atoms with van der Waals surface area (Å²) in [5, 5.41) is 4.90. The van der Waals surface area contributed by atoms with Crippen molar-refractivity contribution in [3.8, 4) is 0 Å². The van der Waals surface area contributed by atoms with Crippen LogP contribution in [0.4, 0.5) is 11.5 Å². The van der Waals surface area contributed by atoms with Crippen LogP contribution in [0.1, 0.15) is 29.7 Å². The first-order valence-electron chi connectivity index (χ1n) is 11.4. The van der Waals surface area contributed by atoms with E-state index in [1.54, 1.807) is 0 Å². The molecular weight excluding hydrogens is 404 g/mol. The van der Waals surface area contributed by atoms with E-state index < -0.39 is 0 Å². The van der Waals surface area contributed by atoms with Crippen molar-refractivity contribution >= 4 is 28.5 Å². The molecule has 5 rings (SSSR count). The summed E-state index contributed by atoms with van der Waals surface area (Å²) in [6.07, 6.45) is 3.20. The molecule has 0 bridgehead atoms. The van der Waals surface area contributed by atoms with Gasteiger partial charge in [-0.05, 0) is 50.8 Å². The summed E-state index contributed by atoms with van der Waals surface area (Å²) in [6, 6.07) is 6.47. The Hall–Kier alpha value is -3.16. The van der Waals surface area contributed by atoms with Crippen LogP contribution in [0.15, 0.2) is 29.0 Å². The largest absolute Gasteiger partial charge is 0.368 e. The van der Waals surface area contributed by atoms with Crippen LogP contribution in [0.3, 0.4) is 0 Å². The molecule has 2 aliphatic heterocycles. The Balaban J connectivity index is 1.19. The lowest BCUT2D eigenvalue weighted by atomic mass is 9.94. The SMILES string of the molecule is Cc1cccc(N2CCN(C(=O)C3CCN(c4ncnc5onc(C)c45)CC3)CC2)c1C. The van der Waals surface area contributed by atoms with E-state index in [0.29, 0.717) is 11.6 Å². The fraction of sp³-hybridized carbons (Fsp3) is 0.500. The van der Waals surface area contributed by atoms with Crippen molar-refractivity contribution in [2.45, 2.75) is 33.6 Å². The van der Waals surface area contributed by atoms with Crippen LogP contribution in [-0.2, 0) is 4.79 Å². The van der Waals surface area contributed by atoms with Gasteiger partial charge < -0.3 is 19.2 Å². The molecule has 8 heteroatoms. The number of hydrogen-bond acceptors (Lipinski definition) is 7. The van der Waals surface area contributed by atoms with Crippen molar-refractivity contribution in [2.75, 3.05) is 49.1 Å². The first kappa shape index (κ1) is 20.7. The number of hydrogen-bond donors (Lipinski definition) is 0. The maximum atomic E-state index is 13.2. The fourth-order valence-corrected chi connectivity index (χ4v) is 4.99. The molecule has 32 heavy (non-hydrogen) atoms. The quantitative estimate of drug-likeness (QED) is 0.627. The van der Waals surface area contributed by atoms with Crippen molar-refractivity contribution < 1.29 is 9.32 Å². The Kier molecular flexibility index (Phi) is 5.45. The molecule has 0 N–H and O–H groups in total. The first-order chi connectivity index (χ1) is 15.5. The average Bonchev–Trinajstić information content (AvgIpc) is 3.22. The summed E-state index contributed by atoms with van der Waals surface area (Å²) >= 11 is 0. The highest BCUT2D eigenvalue weighted by molar-refractivity contribution is 5.88. The van der Waals surface area contributed by atoms with Crippen LogP contribution in [0.2, 0.25) is 0 Å². The van der Waals surface area contributed by atoms with Gasteiger partial charge in [0.05, 0.1) is 5.69 Å². The summed E-state index contributed by atoms with van der Waals surface area (Å²) < 4.78 is 5.28. The molecule has 8 nitrogen and oxygen atoms in total. The van der Waals surface area contributed by atoms with Crippen molar-refractivity contribution in [1.82, 2.24) is 20.0 Å². The smallest absolute Gasteiger partial charge is 0.263 e. The molecular formula is C24H30N6O2. The van der Waals surface area contributed by atoms with Crippen LogP contribution >= 0.6 is 0 Å². The topological polar surface area (TPSA) is 78.6 Å². The lowest BCUT2D eigenvalue weighted by Gasteiger charge is -2.40. The van der Waals surface area contributed by atoms with Crippen LogP contribution in [0, 0.1) is 26.7 Å². The third kappa shape index (κ3) is 3.67. The number of piperidine rings is 1. The number of aryl methyl sites for hydroxylation is 2. The van der Waals surface area contributed by atoms with Gasteiger partial charge in [-0.3, -0.25) is 4.79 Å². The molecule has 2 saturated heterocycles. The number of aromatic nitrogens is 3. The Bertz CT molecular complexity index is 1130. The van der Waals surface area contributed by atoms with Gasteiger partial charge in [-0.25, -0.2) is 4.98 Å². The minimum atomic E-state index is 0.0828. The van der Waals surface area contributed by atoms with E-state index >= 15 is 0 Å². The highest BCUT2D eigenvalue weighted by Gasteiger charge is 2.32. The van der Waals surface area contributed by atoms with Crippen LogP contribution in [-0.4, -0.2) is 65.2 Å². The normalized spacial score (nSPS) is 17.9. The predicted molar refractivity (Wildman–Crippen MR) is 124 cm³/mol. The van der Waals surface area contributed by atoms with Gasteiger partial charge in [0.1, 0.15) is 17.5 Å². The molecule has 0 spiro atoms. The molecule has 0 aliphatic carbocycles. The molecule has 0 saturated carbocycles. The number of rotatable bonds is 3. The van der Waals surface area contributed by atoms with Gasteiger partial charge in [-0.1, -0.05) is 17.3 Å². The lowest BCUT2D eigenvalue weighted by Crippen LogP contribution is -2.52. The van der Waals surface area contributed by atoms with Crippen molar-refractivity contribution in [3.63, 3.8) is 0 Å². The predicted octanol–water partition coefficient (Wildman–Crippen LogP) is 3.11. The van der Waals surface area contributed by atoms with E-state index in [1.807, 2.05) is 6.92 Å². The zero-order chi connectivity index (χ0) is 22.2. The fourth-order valence-electron chi connectivity index (χ4n) is 4.99. The second-order valence-corrected chi connectivity index (χ2v) is 8.94. The summed E-state index contributed by atoms with van der Waals surface area (Å²) in [7, 11) is 0. The Morgan fingerprint density at radius 3 is 2.47 bits per heavy atom. The van der Waals surface area contributed by atoms with E-state index in [0.717, 1.165) is 69.0 Å². The van der Waals surface area contributed by atoms with Crippen LogP contribution < -0.4 is 9.80 Å². The van der Waals surface area contributed by atoms with Gasteiger partial charge in [-0.2, -0.15) is 4.98 Å². The molecule has 168 valence electrons. The average molecular weight is 435 g/mol. The monoisotopic (exact) mass is 434 g/mol. The Labute approximate surface area is 188 Å². The van der Waals surface area contributed by atoms with Gasteiger partial charge in [-0.15, -0.1) is 0 Å². The molecule has 0 radical (unpaired) electrons. The van der Waals surface area contributed by atoms with E-state index in [9.17, 15) is 4.79 Å². The van der Waals surface area contributed by atoms with Crippen LogP contribution in [0.25, 0.3) is 11.1 Å². The number of amides is 1. The van der Waals surface area contributed by atoms with E-state index in [2.05, 4.69) is 61.9 Å². The van der Waals surface area contributed by atoms with E-state index in [-0.39, 0.29) is 5.92 Å². The van der Waals surface area contributed by atoms with E-state index in [1.165, 1.54) is 23.1 Å². The minimum Gasteiger partial charge on any atom is -0.368 e. The number of piperazine rings is 1. The molecule has 1 amide bonds. The Morgan fingerprint density at radius 2 is 1.72 bits per heavy atom. The molecule has 2 aliphatic rings. The maximum Gasteiger partial charge on any atom is 0.263 e. The van der Waals surface area contributed by atoms with Crippen molar-refractivity contribution in [2.24, 2.45) is 5.92 Å². The van der Waals surface area contributed by atoms with Gasteiger partial charge >= 0.3 is 0 Å². The number of nitrogens with zero attached hydrogens (tertiary/aromatic N) is 6. The van der Waals surface area contributed by atoms with Gasteiger partial charge in [0, 0.05) is 50.9 Å². The summed E-state index contributed by atoms with van der Waals surface area (Å²) in [6.45, 7) is 11.2. The standard InChI is InChI=1S/C24H30N6O2/c1-16-5-4-6-20(17(16)2)28-11-13-30(14-12-28)24(31)19-7-9-29(10-8-19)22-21-18(3)27-32-23(21)26-15-25-22/h4-6,15,19H,7-14H2,1-3H3. The zero-order valence-electron chi connectivity index (χ0n) is 19.0. The third-order valence-electron chi connectivity index (χ3n) is 7.08. The van der Waals surface area contributed by atoms with Gasteiger partial charge in [0.2, 0.25) is 5.91 Å². The van der Waals surface area contributed by atoms with Crippen molar-refractivity contribution in [3.05, 3.63) is 41.3 Å². The first-order valence-corrected chi connectivity index (χ1v) is 11.4. The molecule has 4 heterocycles. The molecule has 2 fully saturated rings. The number of carbonyl (C=O) groups excluding carboxylic acids is 1. The number of carbonyl (C=O) groups is 1. The second kappa shape index (κ2) is 8.41. The number of fused-ring (bicyclic) bond motifs is 1. The minimum absolute atomic E-state index is 0.0828. The molecule has 0 atom stereocenters. The zero-order valence-corrected chi connectivity index (χ0v) is 19.0. The third-order valence-corrected chi connectivity index (χ3v) is 7.08. The molecule has 3 aromatic rings. The van der Waals surface area contributed by atoms with Crippen LogP contribution in [0.5, 0.6) is 0 Å². The highest BCUT2D eigenvalue weighted by atomic mass is 16.5. The number of anilines is 2. The summed E-state index contributed by atoms with van der Waals surface area (Å²) in [5.74, 6) is 1.25. The number of benzene rings is 1. The van der Waals surface area contributed by atoms with E-state index in [4.69, 9.17) is 4.52 Å². The summed E-state index contributed by atoms with van der Waals surface area (Å²) in [5.41, 5.74) is 5.27. The maximum absolute atomic E-state index is 13.2. The lowest BCUT2D eigenvalue weighted by molar-refractivity contribution is -0.136.